The Hall–Kier alpha value is -1.18. The van der Waals surface area contributed by atoms with Gasteiger partial charge in [-0.25, -0.2) is 0 Å². The second-order valence-corrected chi connectivity index (χ2v) is 5.74. The summed E-state index contributed by atoms with van der Waals surface area (Å²) in [4.78, 5) is 25.0. The van der Waals surface area contributed by atoms with E-state index in [-0.39, 0.29) is 25.5 Å². The van der Waals surface area contributed by atoms with Crippen LogP contribution in [0.25, 0.3) is 0 Å². The number of hydrogen-bond donors (Lipinski definition) is 4. The Morgan fingerprint density at radius 2 is 1.80 bits per heavy atom. The molecule has 7 heteroatoms. The SMILES string of the molecule is CN(C)CCNC(=O)CCNC(=O)[C@H](O)C(C)(C)CO. The topological polar surface area (TPSA) is 102 Å². The number of amides is 2. The molecule has 0 bridgehead atoms. The lowest BCUT2D eigenvalue weighted by Gasteiger charge is -2.27. The van der Waals surface area contributed by atoms with Crippen LogP contribution in [-0.2, 0) is 9.59 Å². The Morgan fingerprint density at radius 1 is 1.20 bits per heavy atom. The summed E-state index contributed by atoms with van der Waals surface area (Å²) in [6.07, 6.45) is -1.14. The summed E-state index contributed by atoms with van der Waals surface area (Å²) in [5.41, 5.74) is -0.905. The third-order valence-electron chi connectivity index (χ3n) is 2.93. The zero-order valence-corrected chi connectivity index (χ0v) is 12.8. The van der Waals surface area contributed by atoms with Crippen LogP contribution in [0.3, 0.4) is 0 Å². The van der Waals surface area contributed by atoms with Crippen LogP contribution in [0.4, 0.5) is 0 Å². The van der Waals surface area contributed by atoms with Crippen LogP contribution in [0, 0.1) is 5.41 Å². The summed E-state index contributed by atoms with van der Waals surface area (Å²) < 4.78 is 0. The van der Waals surface area contributed by atoms with Gasteiger partial charge in [0.05, 0.1) is 6.61 Å². The van der Waals surface area contributed by atoms with Crippen LogP contribution in [0.15, 0.2) is 0 Å². The van der Waals surface area contributed by atoms with Crippen molar-refractivity contribution in [2.45, 2.75) is 26.4 Å². The number of hydrogen-bond acceptors (Lipinski definition) is 5. The van der Waals surface area contributed by atoms with E-state index >= 15 is 0 Å². The molecule has 7 nitrogen and oxygen atoms in total. The smallest absolute Gasteiger partial charge is 0.249 e. The molecule has 118 valence electrons. The van der Waals surface area contributed by atoms with Crippen molar-refractivity contribution >= 4 is 11.8 Å². The van der Waals surface area contributed by atoms with E-state index < -0.39 is 17.4 Å². The molecular formula is C13H27N3O4. The molecule has 0 aromatic heterocycles. The number of rotatable bonds is 9. The summed E-state index contributed by atoms with van der Waals surface area (Å²) in [5, 5.41) is 24.0. The monoisotopic (exact) mass is 289 g/mol. The van der Waals surface area contributed by atoms with Crippen molar-refractivity contribution in [1.29, 1.82) is 0 Å². The summed E-state index contributed by atoms with van der Waals surface area (Å²) in [5.74, 6) is -0.729. The summed E-state index contributed by atoms with van der Waals surface area (Å²) in [7, 11) is 3.83. The predicted molar refractivity (Wildman–Crippen MR) is 76.1 cm³/mol. The third-order valence-corrected chi connectivity index (χ3v) is 2.93. The van der Waals surface area contributed by atoms with Crippen molar-refractivity contribution in [3.05, 3.63) is 0 Å². The molecule has 4 N–H and O–H groups in total. The minimum atomic E-state index is -1.30. The molecule has 0 fully saturated rings. The molecule has 0 unspecified atom stereocenters. The minimum Gasteiger partial charge on any atom is -0.396 e. The maximum absolute atomic E-state index is 11.6. The van der Waals surface area contributed by atoms with Gasteiger partial charge in [-0.15, -0.1) is 0 Å². The number of aliphatic hydroxyl groups is 2. The van der Waals surface area contributed by atoms with Crippen molar-refractivity contribution in [3.63, 3.8) is 0 Å². The van der Waals surface area contributed by atoms with E-state index in [1.165, 1.54) is 0 Å². The zero-order chi connectivity index (χ0) is 15.8. The molecule has 1 atom stereocenters. The molecule has 0 saturated carbocycles. The number of carbonyl (C=O) groups excluding carboxylic acids is 2. The average molecular weight is 289 g/mol. The van der Waals surface area contributed by atoms with Crippen molar-refractivity contribution in [3.8, 4) is 0 Å². The maximum atomic E-state index is 11.6. The van der Waals surface area contributed by atoms with Crippen LogP contribution < -0.4 is 10.6 Å². The molecule has 0 spiro atoms. The zero-order valence-electron chi connectivity index (χ0n) is 12.8. The lowest BCUT2D eigenvalue weighted by Crippen LogP contribution is -2.46. The van der Waals surface area contributed by atoms with Gasteiger partial charge in [-0.1, -0.05) is 13.8 Å². The first-order valence-electron chi connectivity index (χ1n) is 6.68. The fourth-order valence-corrected chi connectivity index (χ4v) is 1.34. The molecule has 0 aliphatic rings. The van der Waals surface area contributed by atoms with Crippen molar-refractivity contribution in [1.82, 2.24) is 15.5 Å². The molecule has 0 rings (SSSR count). The van der Waals surface area contributed by atoms with E-state index in [1.807, 2.05) is 19.0 Å². The number of aliphatic hydroxyl groups excluding tert-OH is 2. The highest BCUT2D eigenvalue weighted by Gasteiger charge is 2.32. The fraction of sp³-hybridized carbons (Fsp3) is 0.846. The quantitative estimate of drug-likeness (QED) is 0.416. The molecule has 0 saturated heterocycles. The molecule has 2 amide bonds. The van der Waals surface area contributed by atoms with Gasteiger partial charge in [0.15, 0.2) is 0 Å². The molecular weight excluding hydrogens is 262 g/mol. The predicted octanol–water partition coefficient (Wildman–Crippen LogP) is -1.45. The number of carbonyl (C=O) groups is 2. The molecule has 0 heterocycles. The van der Waals surface area contributed by atoms with Gasteiger partial charge in [0, 0.05) is 31.5 Å². The van der Waals surface area contributed by atoms with Crippen LogP contribution in [0.5, 0.6) is 0 Å². The molecule has 0 aliphatic carbocycles. The van der Waals surface area contributed by atoms with E-state index in [9.17, 15) is 14.7 Å². The van der Waals surface area contributed by atoms with Crippen LogP contribution in [0.2, 0.25) is 0 Å². The van der Waals surface area contributed by atoms with Gasteiger partial charge in [0.25, 0.3) is 0 Å². The van der Waals surface area contributed by atoms with Gasteiger partial charge >= 0.3 is 0 Å². The highest BCUT2D eigenvalue weighted by molar-refractivity contribution is 5.82. The Morgan fingerprint density at radius 3 is 2.30 bits per heavy atom. The average Bonchev–Trinajstić information content (AvgIpc) is 2.37. The Bertz CT molecular complexity index is 319. The molecule has 0 aromatic rings. The maximum Gasteiger partial charge on any atom is 0.249 e. The highest BCUT2D eigenvalue weighted by atomic mass is 16.3. The Balaban J connectivity index is 3.89. The number of likely N-dealkylation sites (N-methyl/N-ethyl adjacent to an activating group) is 1. The summed E-state index contributed by atoms with van der Waals surface area (Å²) in [6.45, 7) is 4.34. The van der Waals surface area contributed by atoms with E-state index in [0.717, 1.165) is 6.54 Å². The number of nitrogens with one attached hydrogen (secondary N) is 2. The van der Waals surface area contributed by atoms with Crippen molar-refractivity contribution in [2.75, 3.05) is 40.3 Å². The van der Waals surface area contributed by atoms with Gasteiger partial charge in [-0.05, 0) is 14.1 Å². The van der Waals surface area contributed by atoms with E-state index in [4.69, 9.17) is 5.11 Å². The molecule has 20 heavy (non-hydrogen) atoms. The standard InChI is InChI=1S/C13H27N3O4/c1-13(2,9-17)11(19)12(20)15-6-5-10(18)14-7-8-16(3)4/h11,17,19H,5-9H2,1-4H3,(H,14,18)(H,15,20)/t11-/m0/s1. The van der Waals surface area contributed by atoms with E-state index in [1.54, 1.807) is 13.8 Å². The lowest BCUT2D eigenvalue weighted by atomic mass is 9.87. The van der Waals surface area contributed by atoms with Gasteiger partial charge in [-0.2, -0.15) is 0 Å². The van der Waals surface area contributed by atoms with Gasteiger partial charge in [0.1, 0.15) is 6.10 Å². The van der Waals surface area contributed by atoms with E-state index in [0.29, 0.717) is 6.54 Å². The lowest BCUT2D eigenvalue weighted by molar-refractivity contribution is -0.137. The van der Waals surface area contributed by atoms with Crippen LogP contribution in [-0.4, -0.2) is 73.4 Å². The first kappa shape index (κ1) is 18.8. The fourth-order valence-electron chi connectivity index (χ4n) is 1.34. The molecule has 0 radical (unpaired) electrons. The summed E-state index contributed by atoms with van der Waals surface area (Å²) in [6, 6.07) is 0. The van der Waals surface area contributed by atoms with Crippen molar-refractivity contribution in [2.24, 2.45) is 5.41 Å². The van der Waals surface area contributed by atoms with Gasteiger partial charge < -0.3 is 25.7 Å². The van der Waals surface area contributed by atoms with Gasteiger partial charge in [-0.3, -0.25) is 9.59 Å². The Labute approximate surface area is 120 Å². The first-order chi connectivity index (χ1) is 9.20. The Kier molecular flexibility index (Phi) is 8.36. The second kappa shape index (κ2) is 8.89. The second-order valence-electron chi connectivity index (χ2n) is 5.74. The first-order valence-corrected chi connectivity index (χ1v) is 6.68. The van der Waals surface area contributed by atoms with E-state index in [2.05, 4.69) is 10.6 Å². The van der Waals surface area contributed by atoms with Crippen LogP contribution in [0.1, 0.15) is 20.3 Å². The highest BCUT2D eigenvalue weighted by Crippen LogP contribution is 2.19. The molecule has 0 aliphatic heterocycles. The number of nitrogens with zero attached hydrogens (tertiary/aromatic N) is 1. The van der Waals surface area contributed by atoms with Crippen LogP contribution >= 0.6 is 0 Å². The van der Waals surface area contributed by atoms with Crippen molar-refractivity contribution < 1.29 is 19.8 Å². The molecule has 0 aromatic carbocycles. The minimum absolute atomic E-state index is 0.150. The normalized spacial score (nSPS) is 13.2. The summed E-state index contributed by atoms with van der Waals surface area (Å²) >= 11 is 0. The largest absolute Gasteiger partial charge is 0.396 e. The van der Waals surface area contributed by atoms with Gasteiger partial charge in [0.2, 0.25) is 11.8 Å². The third kappa shape index (κ3) is 7.42.